The van der Waals surface area contributed by atoms with Crippen LogP contribution in [0.5, 0.6) is 0 Å². The van der Waals surface area contributed by atoms with E-state index in [9.17, 15) is 4.79 Å². The number of carbonyl (C=O) groups is 1. The van der Waals surface area contributed by atoms with Gasteiger partial charge < -0.3 is 10.2 Å². The fourth-order valence-electron chi connectivity index (χ4n) is 3.61. The Hall–Kier alpha value is -1.35. The fourth-order valence-corrected chi connectivity index (χ4v) is 3.61. The molecule has 120 valence electrons. The van der Waals surface area contributed by atoms with Gasteiger partial charge in [0.25, 0.3) is 0 Å². The van der Waals surface area contributed by atoms with Crippen molar-refractivity contribution in [2.24, 2.45) is 17.8 Å². The molecule has 1 amide bonds. The van der Waals surface area contributed by atoms with Crippen LogP contribution in [0, 0.1) is 17.8 Å². The van der Waals surface area contributed by atoms with Crippen molar-refractivity contribution >= 4 is 5.91 Å². The van der Waals surface area contributed by atoms with E-state index >= 15 is 0 Å². The van der Waals surface area contributed by atoms with Crippen molar-refractivity contribution in [1.82, 2.24) is 10.2 Å². The average Bonchev–Trinajstić information content (AvgIpc) is 2.52. The normalized spacial score (nSPS) is 21.4. The number of nitrogens with zero attached hydrogens (tertiary/aromatic N) is 1. The van der Waals surface area contributed by atoms with Crippen LogP contribution in [0.3, 0.4) is 0 Å². The molecule has 0 spiro atoms. The number of aryl methyl sites for hydroxylation is 1. The molecule has 22 heavy (non-hydrogen) atoms. The number of nitrogens with one attached hydrogen (secondary N) is 1. The van der Waals surface area contributed by atoms with E-state index in [-0.39, 0.29) is 5.92 Å². The highest BCUT2D eigenvalue weighted by Crippen LogP contribution is 2.25. The molecule has 2 aliphatic rings. The van der Waals surface area contributed by atoms with Crippen molar-refractivity contribution in [3.63, 3.8) is 0 Å². The Bertz CT molecular complexity index is 475. The number of hydrogen-bond acceptors (Lipinski definition) is 2. The molecule has 3 rings (SSSR count). The smallest absolute Gasteiger partial charge is 0.225 e. The average molecular weight is 300 g/mol. The highest BCUT2D eigenvalue weighted by atomic mass is 16.2. The lowest BCUT2D eigenvalue weighted by atomic mass is 9.86. The zero-order valence-corrected chi connectivity index (χ0v) is 13.6. The van der Waals surface area contributed by atoms with Crippen LogP contribution in [-0.4, -0.2) is 37.0 Å². The van der Waals surface area contributed by atoms with E-state index in [0.29, 0.717) is 11.8 Å². The van der Waals surface area contributed by atoms with E-state index in [2.05, 4.69) is 47.5 Å². The number of piperidine rings is 1. The molecule has 1 atom stereocenters. The molecule has 3 nitrogen and oxygen atoms in total. The summed E-state index contributed by atoms with van der Waals surface area (Å²) in [6.45, 7) is 6.06. The third-order valence-corrected chi connectivity index (χ3v) is 5.52. The van der Waals surface area contributed by atoms with Gasteiger partial charge in [0.15, 0.2) is 0 Å². The molecule has 0 saturated carbocycles. The summed E-state index contributed by atoms with van der Waals surface area (Å²) in [5, 5.41) is 3.27. The Kier molecular flexibility index (Phi) is 5.14. The van der Waals surface area contributed by atoms with Crippen molar-refractivity contribution in [3.05, 3.63) is 35.9 Å². The Morgan fingerprint density at radius 1 is 1.23 bits per heavy atom. The molecule has 0 radical (unpaired) electrons. The zero-order chi connectivity index (χ0) is 15.4. The third kappa shape index (κ3) is 3.70. The summed E-state index contributed by atoms with van der Waals surface area (Å²) in [7, 11) is 0. The monoisotopic (exact) mass is 300 g/mol. The number of amides is 1. The Morgan fingerprint density at radius 3 is 2.50 bits per heavy atom. The largest absolute Gasteiger partial charge is 0.342 e. The van der Waals surface area contributed by atoms with Crippen molar-refractivity contribution in [2.45, 2.75) is 32.6 Å². The van der Waals surface area contributed by atoms with E-state index in [1.807, 2.05) is 0 Å². The highest BCUT2D eigenvalue weighted by molar-refractivity contribution is 5.79. The molecule has 1 aromatic rings. The molecule has 0 aliphatic carbocycles. The molecule has 2 aliphatic heterocycles. The van der Waals surface area contributed by atoms with E-state index < -0.39 is 0 Å². The van der Waals surface area contributed by atoms with Crippen LogP contribution in [0.4, 0.5) is 0 Å². The molecular formula is C19H28N2O. The zero-order valence-electron chi connectivity index (χ0n) is 13.6. The van der Waals surface area contributed by atoms with Gasteiger partial charge in [0.1, 0.15) is 0 Å². The van der Waals surface area contributed by atoms with E-state index in [4.69, 9.17) is 0 Å². The Morgan fingerprint density at radius 2 is 1.91 bits per heavy atom. The molecule has 1 unspecified atom stereocenters. The molecule has 3 heteroatoms. The first kappa shape index (κ1) is 15.5. The van der Waals surface area contributed by atoms with Crippen molar-refractivity contribution in [2.75, 3.05) is 26.2 Å². The van der Waals surface area contributed by atoms with Crippen LogP contribution < -0.4 is 5.32 Å². The minimum Gasteiger partial charge on any atom is -0.342 e. The van der Waals surface area contributed by atoms with Crippen LogP contribution in [0.25, 0.3) is 0 Å². The number of hydrogen-bond donors (Lipinski definition) is 1. The third-order valence-electron chi connectivity index (χ3n) is 5.52. The predicted octanol–water partition coefficient (Wildman–Crippen LogP) is 2.71. The number of rotatable bonds is 5. The summed E-state index contributed by atoms with van der Waals surface area (Å²) in [4.78, 5) is 14.6. The fraction of sp³-hybridized carbons (Fsp3) is 0.632. The minimum absolute atomic E-state index is 0.196. The van der Waals surface area contributed by atoms with Gasteiger partial charge in [-0.15, -0.1) is 0 Å². The Balaban J connectivity index is 1.41. The predicted molar refractivity (Wildman–Crippen MR) is 89.6 cm³/mol. The number of likely N-dealkylation sites (tertiary alicyclic amines) is 1. The molecule has 0 bridgehead atoms. The second-order valence-corrected chi connectivity index (χ2v) is 7.00. The van der Waals surface area contributed by atoms with Gasteiger partial charge in [0.05, 0.1) is 0 Å². The topological polar surface area (TPSA) is 32.3 Å². The van der Waals surface area contributed by atoms with Crippen LogP contribution in [0.2, 0.25) is 0 Å². The molecule has 1 N–H and O–H groups in total. The maximum absolute atomic E-state index is 12.5. The summed E-state index contributed by atoms with van der Waals surface area (Å²) in [6.07, 6.45) is 4.78. The van der Waals surface area contributed by atoms with Crippen LogP contribution in [0.15, 0.2) is 30.3 Å². The Labute approximate surface area is 134 Å². The lowest BCUT2D eigenvalue weighted by Crippen LogP contribution is -2.51. The van der Waals surface area contributed by atoms with Crippen molar-refractivity contribution in [1.29, 1.82) is 0 Å². The molecule has 2 saturated heterocycles. The maximum atomic E-state index is 12.5. The quantitative estimate of drug-likeness (QED) is 0.907. The molecule has 2 fully saturated rings. The van der Waals surface area contributed by atoms with E-state index in [1.165, 1.54) is 31.2 Å². The van der Waals surface area contributed by atoms with Crippen LogP contribution >= 0.6 is 0 Å². The molecule has 2 heterocycles. The number of carbonyl (C=O) groups excluding carboxylic acids is 1. The van der Waals surface area contributed by atoms with Gasteiger partial charge in [-0.3, -0.25) is 4.79 Å². The second kappa shape index (κ2) is 7.28. The maximum Gasteiger partial charge on any atom is 0.225 e. The van der Waals surface area contributed by atoms with Gasteiger partial charge in [-0.1, -0.05) is 37.3 Å². The number of benzene rings is 1. The summed E-state index contributed by atoms with van der Waals surface area (Å²) < 4.78 is 0. The highest BCUT2D eigenvalue weighted by Gasteiger charge is 2.33. The minimum atomic E-state index is 0.196. The van der Waals surface area contributed by atoms with Crippen molar-refractivity contribution in [3.8, 4) is 0 Å². The van der Waals surface area contributed by atoms with Crippen LogP contribution in [0.1, 0.15) is 31.7 Å². The van der Waals surface area contributed by atoms with Gasteiger partial charge in [0, 0.05) is 19.0 Å². The molecule has 1 aromatic carbocycles. The van der Waals surface area contributed by atoms with Crippen LogP contribution in [-0.2, 0) is 11.2 Å². The summed E-state index contributed by atoms with van der Waals surface area (Å²) >= 11 is 0. The van der Waals surface area contributed by atoms with Gasteiger partial charge in [0.2, 0.25) is 5.91 Å². The standard InChI is InChI=1S/C19H28N2O/c1-15(18-13-20-14-18)19(22)21-11-9-17(10-12-21)8-7-16-5-3-2-4-6-16/h2-6,15,17-18,20H,7-14H2,1H3. The summed E-state index contributed by atoms with van der Waals surface area (Å²) in [6, 6.07) is 10.7. The van der Waals surface area contributed by atoms with E-state index in [0.717, 1.165) is 32.1 Å². The lowest BCUT2D eigenvalue weighted by Gasteiger charge is -2.38. The first-order chi connectivity index (χ1) is 10.7. The van der Waals surface area contributed by atoms with Gasteiger partial charge in [-0.2, -0.15) is 0 Å². The molecular weight excluding hydrogens is 272 g/mol. The molecule has 0 aromatic heterocycles. The summed E-state index contributed by atoms with van der Waals surface area (Å²) in [5.41, 5.74) is 1.44. The second-order valence-electron chi connectivity index (χ2n) is 7.00. The first-order valence-corrected chi connectivity index (χ1v) is 8.77. The van der Waals surface area contributed by atoms with E-state index in [1.54, 1.807) is 0 Å². The SMILES string of the molecule is CC(C(=O)N1CCC(CCc2ccccc2)CC1)C1CNC1. The van der Waals surface area contributed by atoms with Crippen molar-refractivity contribution < 1.29 is 4.79 Å². The first-order valence-electron chi connectivity index (χ1n) is 8.77. The van der Waals surface area contributed by atoms with Gasteiger partial charge in [-0.05, 0) is 56.2 Å². The summed E-state index contributed by atoms with van der Waals surface area (Å²) in [5.74, 6) is 1.92. The van der Waals surface area contributed by atoms with Gasteiger partial charge in [-0.25, -0.2) is 0 Å². The van der Waals surface area contributed by atoms with Gasteiger partial charge >= 0.3 is 0 Å². The lowest BCUT2D eigenvalue weighted by molar-refractivity contribution is -0.138.